The maximum atomic E-state index is 13.9. The van der Waals surface area contributed by atoms with Crippen molar-refractivity contribution >= 4 is 5.91 Å². The second-order valence-corrected chi connectivity index (χ2v) is 6.27. The van der Waals surface area contributed by atoms with Crippen molar-refractivity contribution in [1.29, 1.82) is 0 Å². The number of carbonyl (C=O) groups is 1. The summed E-state index contributed by atoms with van der Waals surface area (Å²) in [5, 5.41) is 11.9. The van der Waals surface area contributed by atoms with E-state index in [2.05, 4.69) is 20.5 Å². The maximum absolute atomic E-state index is 13.9. The van der Waals surface area contributed by atoms with Gasteiger partial charge >= 0.3 is 0 Å². The molecule has 10 heteroatoms. The molecular weight excluding hydrogens is 358 g/mol. The van der Waals surface area contributed by atoms with Gasteiger partial charge in [-0.05, 0) is 24.6 Å². The highest BCUT2D eigenvalue weighted by molar-refractivity contribution is 5.94. The molecule has 0 bridgehead atoms. The number of rotatable bonds is 4. The van der Waals surface area contributed by atoms with Gasteiger partial charge in [0.2, 0.25) is 0 Å². The molecule has 4 rings (SSSR count). The fourth-order valence-electron chi connectivity index (χ4n) is 3.03. The van der Waals surface area contributed by atoms with Crippen LogP contribution in [0.3, 0.4) is 0 Å². The van der Waals surface area contributed by atoms with Gasteiger partial charge in [-0.2, -0.15) is 4.98 Å². The second kappa shape index (κ2) is 6.86. The van der Waals surface area contributed by atoms with Crippen molar-refractivity contribution in [3.05, 3.63) is 47.4 Å². The average molecular weight is 374 g/mol. The zero-order valence-corrected chi connectivity index (χ0v) is 14.5. The Morgan fingerprint density at radius 3 is 3.00 bits per heavy atom. The number of hydrogen-bond donors (Lipinski definition) is 0. The van der Waals surface area contributed by atoms with Crippen LogP contribution in [0.25, 0.3) is 11.6 Å². The van der Waals surface area contributed by atoms with Gasteiger partial charge in [-0.15, -0.1) is 5.10 Å². The zero-order valence-electron chi connectivity index (χ0n) is 14.5. The van der Waals surface area contributed by atoms with Crippen LogP contribution in [-0.4, -0.2) is 49.0 Å². The summed E-state index contributed by atoms with van der Waals surface area (Å²) in [4.78, 5) is 18.2. The molecule has 0 spiro atoms. The van der Waals surface area contributed by atoms with Crippen molar-refractivity contribution in [1.82, 2.24) is 30.0 Å². The number of amides is 1. The lowest BCUT2D eigenvalue weighted by Gasteiger charge is -2.17. The highest BCUT2D eigenvalue weighted by Gasteiger charge is 2.30. The molecule has 1 aromatic carbocycles. The number of nitrogens with zero attached hydrogens (tertiary/aromatic N) is 6. The van der Waals surface area contributed by atoms with E-state index in [1.807, 2.05) is 6.92 Å². The summed E-state index contributed by atoms with van der Waals surface area (Å²) in [5.41, 5.74) is 0.177. The van der Waals surface area contributed by atoms with Crippen LogP contribution < -0.4 is 0 Å². The lowest BCUT2D eigenvalue weighted by atomic mass is 10.2. The molecule has 0 radical (unpaired) electrons. The van der Waals surface area contributed by atoms with E-state index >= 15 is 0 Å². The van der Waals surface area contributed by atoms with E-state index in [0.29, 0.717) is 37.4 Å². The van der Waals surface area contributed by atoms with Gasteiger partial charge in [0.1, 0.15) is 11.6 Å². The molecule has 1 aliphatic rings. The Kier molecular flexibility index (Phi) is 4.38. The largest absolute Gasteiger partial charge is 0.336 e. The van der Waals surface area contributed by atoms with Crippen molar-refractivity contribution in [2.24, 2.45) is 0 Å². The van der Waals surface area contributed by atoms with Gasteiger partial charge in [-0.3, -0.25) is 4.79 Å². The summed E-state index contributed by atoms with van der Waals surface area (Å²) in [5.74, 6) is -1.07. The molecular formula is C17H16F2N6O2. The number of hydrogen-bond acceptors (Lipinski definition) is 6. The third-order valence-corrected chi connectivity index (χ3v) is 4.50. The van der Waals surface area contributed by atoms with E-state index in [1.54, 1.807) is 10.9 Å². The molecule has 140 valence electrons. The topological polar surface area (TPSA) is 89.9 Å². The summed E-state index contributed by atoms with van der Waals surface area (Å²) < 4.78 is 34.0. The van der Waals surface area contributed by atoms with Crippen molar-refractivity contribution in [3.63, 3.8) is 0 Å². The fraction of sp³-hybridized carbons (Fsp3) is 0.353. The minimum Gasteiger partial charge on any atom is -0.336 e. The van der Waals surface area contributed by atoms with Crippen LogP contribution in [0.2, 0.25) is 0 Å². The first-order valence-electron chi connectivity index (χ1n) is 8.54. The van der Waals surface area contributed by atoms with E-state index in [1.165, 1.54) is 4.90 Å². The van der Waals surface area contributed by atoms with Crippen molar-refractivity contribution < 1.29 is 18.1 Å². The van der Waals surface area contributed by atoms with E-state index in [4.69, 9.17) is 4.52 Å². The Hall–Kier alpha value is -3.17. The van der Waals surface area contributed by atoms with Gasteiger partial charge in [0.25, 0.3) is 11.8 Å². The number of likely N-dealkylation sites (tertiary alicyclic amines) is 1. The standard InChI is InChI=1S/C17H16F2N6O2/c1-2-15-20-16(27-22-15)14-9-25(23-21-14)11-5-6-24(8-11)17(26)12-7-10(18)3-4-13(12)19/h3-4,7,9,11H,2,5-6,8H2,1H3/t11-/m0/s1. The van der Waals surface area contributed by atoms with E-state index in [0.717, 1.165) is 18.2 Å². The number of benzene rings is 1. The molecule has 0 unspecified atom stereocenters. The molecule has 3 heterocycles. The van der Waals surface area contributed by atoms with Gasteiger partial charge < -0.3 is 9.42 Å². The number of aromatic nitrogens is 5. The molecule has 3 aromatic rings. The molecule has 1 atom stereocenters. The fourth-order valence-corrected chi connectivity index (χ4v) is 3.03. The minimum absolute atomic E-state index is 0.125. The molecule has 1 aliphatic heterocycles. The van der Waals surface area contributed by atoms with Crippen LogP contribution in [0.15, 0.2) is 28.9 Å². The third-order valence-electron chi connectivity index (χ3n) is 4.50. The predicted molar refractivity (Wildman–Crippen MR) is 88.6 cm³/mol. The lowest BCUT2D eigenvalue weighted by molar-refractivity contribution is 0.0781. The van der Waals surface area contributed by atoms with Crippen LogP contribution in [0, 0.1) is 11.6 Å². The first-order chi connectivity index (χ1) is 13.0. The molecule has 27 heavy (non-hydrogen) atoms. The van der Waals surface area contributed by atoms with Crippen LogP contribution in [0.1, 0.15) is 35.6 Å². The van der Waals surface area contributed by atoms with Gasteiger partial charge in [-0.25, -0.2) is 13.5 Å². The van der Waals surface area contributed by atoms with Crippen LogP contribution >= 0.6 is 0 Å². The monoisotopic (exact) mass is 374 g/mol. The average Bonchev–Trinajstić information content (AvgIpc) is 3.41. The predicted octanol–water partition coefficient (Wildman–Crippen LogP) is 2.26. The van der Waals surface area contributed by atoms with Crippen molar-refractivity contribution in [2.75, 3.05) is 13.1 Å². The van der Waals surface area contributed by atoms with Gasteiger partial charge in [0.05, 0.1) is 17.8 Å². The number of carbonyl (C=O) groups excluding carboxylic acids is 1. The summed E-state index contributed by atoms with van der Waals surface area (Å²) in [6.45, 7) is 2.65. The molecule has 8 nitrogen and oxygen atoms in total. The normalized spacial score (nSPS) is 16.9. The highest BCUT2D eigenvalue weighted by atomic mass is 19.1. The summed E-state index contributed by atoms with van der Waals surface area (Å²) in [6.07, 6.45) is 2.94. The number of aryl methyl sites for hydroxylation is 1. The third kappa shape index (κ3) is 3.29. The molecule has 2 aromatic heterocycles. The van der Waals surface area contributed by atoms with Gasteiger partial charge in [-0.1, -0.05) is 17.3 Å². The Labute approximate surface area is 152 Å². The lowest BCUT2D eigenvalue weighted by Crippen LogP contribution is -2.30. The molecule has 0 saturated carbocycles. The van der Waals surface area contributed by atoms with Gasteiger partial charge in [0.15, 0.2) is 11.5 Å². The smallest absolute Gasteiger partial charge is 0.280 e. The van der Waals surface area contributed by atoms with Crippen molar-refractivity contribution in [3.8, 4) is 11.6 Å². The minimum atomic E-state index is -0.740. The number of halogens is 2. The first-order valence-corrected chi connectivity index (χ1v) is 8.54. The summed E-state index contributed by atoms with van der Waals surface area (Å²) in [7, 11) is 0. The molecule has 1 saturated heterocycles. The Bertz CT molecular complexity index is 985. The Morgan fingerprint density at radius 1 is 1.37 bits per heavy atom. The highest BCUT2D eigenvalue weighted by Crippen LogP contribution is 2.25. The Morgan fingerprint density at radius 2 is 2.22 bits per heavy atom. The van der Waals surface area contributed by atoms with E-state index in [9.17, 15) is 13.6 Å². The van der Waals surface area contributed by atoms with Crippen molar-refractivity contribution in [2.45, 2.75) is 25.8 Å². The van der Waals surface area contributed by atoms with Crippen LogP contribution in [0.4, 0.5) is 8.78 Å². The maximum Gasteiger partial charge on any atom is 0.280 e. The SMILES string of the molecule is CCc1noc(-c2cn([C@H]3CCN(C(=O)c4cc(F)ccc4F)C3)nn2)n1. The second-order valence-electron chi connectivity index (χ2n) is 6.27. The summed E-state index contributed by atoms with van der Waals surface area (Å²) in [6, 6.07) is 2.73. The van der Waals surface area contributed by atoms with Gasteiger partial charge in [0, 0.05) is 19.5 Å². The van der Waals surface area contributed by atoms with Crippen LogP contribution in [-0.2, 0) is 6.42 Å². The van der Waals surface area contributed by atoms with E-state index in [-0.39, 0.29) is 17.5 Å². The van der Waals surface area contributed by atoms with E-state index < -0.39 is 17.5 Å². The van der Waals surface area contributed by atoms with Crippen LogP contribution in [0.5, 0.6) is 0 Å². The first kappa shape index (κ1) is 17.3. The summed E-state index contributed by atoms with van der Waals surface area (Å²) >= 11 is 0. The molecule has 1 amide bonds. The zero-order chi connectivity index (χ0) is 19.0. The molecule has 0 aliphatic carbocycles. The molecule has 1 fully saturated rings. The Balaban J connectivity index is 1.48. The quantitative estimate of drug-likeness (QED) is 0.696. The molecule has 0 N–H and O–H groups in total.